The molecule has 0 unspecified atom stereocenters. The zero-order valence-electron chi connectivity index (χ0n) is 18.3. The Morgan fingerprint density at radius 1 is 0.818 bits per heavy atom. The van der Waals surface area contributed by atoms with Gasteiger partial charge in [-0.25, -0.2) is 8.42 Å². The first-order valence-electron chi connectivity index (χ1n) is 9.69. The molecule has 33 heavy (non-hydrogen) atoms. The van der Waals surface area contributed by atoms with E-state index in [0.29, 0.717) is 10.8 Å². The summed E-state index contributed by atoms with van der Waals surface area (Å²) in [5.41, 5.74) is -1.42. The second kappa shape index (κ2) is 11.5. The smallest absolute Gasteiger partial charge is 0.303 e. The summed E-state index contributed by atoms with van der Waals surface area (Å²) in [4.78, 5) is 46.6. The van der Waals surface area contributed by atoms with E-state index in [2.05, 4.69) is 0 Å². The fourth-order valence-electron chi connectivity index (χ4n) is 3.03. The average molecular weight is 505 g/mol. The van der Waals surface area contributed by atoms with Crippen LogP contribution < -0.4 is 0 Å². The standard InChI is InChI=1S/C20H24O11S2/c1-11(21)27-10-16-17(28-12(2)22)18(29-13(3)23)19(30-14(4)24)20(31-16)32-33(25,26)15-8-6-5-7-9-15/h5-9,16-20H,10H2,1-4H3/t16-,17-,18+,19+,20+/m1/s1. The van der Waals surface area contributed by atoms with E-state index in [9.17, 15) is 27.6 Å². The van der Waals surface area contributed by atoms with Gasteiger partial charge in [0.25, 0.3) is 0 Å². The normalized spacial score (nSPS) is 24.9. The lowest BCUT2D eigenvalue weighted by atomic mass is 9.99. The van der Waals surface area contributed by atoms with Crippen molar-refractivity contribution in [2.24, 2.45) is 0 Å². The van der Waals surface area contributed by atoms with Crippen molar-refractivity contribution < 1.29 is 51.3 Å². The first-order chi connectivity index (χ1) is 15.4. The molecule has 1 aliphatic rings. The van der Waals surface area contributed by atoms with Gasteiger partial charge in [0.2, 0.25) is 8.87 Å². The molecule has 1 aliphatic heterocycles. The van der Waals surface area contributed by atoms with Gasteiger partial charge in [0.15, 0.2) is 23.7 Å². The highest BCUT2D eigenvalue weighted by Crippen LogP contribution is 2.38. The van der Waals surface area contributed by atoms with Crippen molar-refractivity contribution in [3.8, 4) is 0 Å². The van der Waals surface area contributed by atoms with Crippen LogP contribution in [-0.2, 0) is 51.7 Å². The van der Waals surface area contributed by atoms with Crippen LogP contribution in [0, 0.1) is 0 Å². The van der Waals surface area contributed by atoms with Crippen molar-refractivity contribution in [2.45, 2.75) is 62.4 Å². The Labute approximate surface area is 194 Å². The molecule has 11 nitrogen and oxygen atoms in total. The van der Waals surface area contributed by atoms with Crippen LogP contribution >= 0.6 is 10.8 Å². The van der Waals surface area contributed by atoms with Crippen LogP contribution in [0.5, 0.6) is 0 Å². The van der Waals surface area contributed by atoms with Crippen LogP contribution in [0.25, 0.3) is 0 Å². The third-order valence-corrected chi connectivity index (χ3v) is 7.78. The number of benzene rings is 1. The van der Waals surface area contributed by atoms with Crippen molar-refractivity contribution in [2.75, 3.05) is 6.61 Å². The quantitative estimate of drug-likeness (QED) is 0.284. The number of carbonyl (C=O) groups excluding carboxylic acids is 4. The van der Waals surface area contributed by atoms with Crippen LogP contribution in [0.1, 0.15) is 27.7 Å². The van der Waals surface area contributed by atoms with Gasteiger partial charge in [-0.2, -0.15) is 0 Å². The molecule has 0 radical (unpaired) electrons. The maximum Gasteiger partial charge on any atom is 0.303 e. The van der Waals surface area contributed by atoms with E-state index in [1.807, 2.05) is 0 Å². The fraction of sp³-hybridized carbons (Fsp3) is 0.500. The Bertz CT molecular complexity index is 977. The van der Waals surface area contributed by atoms with Crippen molar-refractivity contribution in [1.82, 2.24) is 0 Å². The summed E-state index contributed by atoms with van der Waals surface area (Å²) in [5.74, 6) is -3.08. The minimum atomic E-state index is -4.03. The number of rotatable bonds is 8. The highest BCUT2D eigenvalue weighted by molar-refractivity contribution is 8.72. The second-order valence-corrected chi connectivity index (χ2v) is 10.9. The van der Waals surface area contributed by atoms with E-state index in [0.717, 1.165) is 27.7 Å². The summed E-state index contributed by atoms with van der Waals surface area (Å²) in [6.07, 6.45) is -5.48. The van der Waals surface area contributed by atoms with Crippen molar-refractivity contribution in [1.29, 1.82) is 0 Å². The molecule has 1 fully saturated rings. The molecular formula is C20H24O11S2. The average Bonchev–Trinajstić information content (AvgIpc) is 2.70. The van der Waals surface area contributed by atoms with Gasteiger partial charge in [0, 0.05) is 38.5 Å². The van der Waals surface area contributed by atoms with Crippen LogP contribution in [0.4, 0.5) is 0 Å². The van der Waals surface area contributed by atoms with Crippen LogP contribution in [0.15, 0.2) is 35.2 Å². The largest absolute Gasteiger partial charge is 0.463 e. The summed E-state index contributed by atoms with van der Waals surface area (Å²) in [7, 11) is -3.72. The van der Waals surface area contributed by atoms with Crippen LogP contribution in [-0.4, -0.2) is 68.8 Å². The molecule has 182 valence electrons. The van der Waals surface area contributed by atoms with Crippen molar-refractivity contribution in [3.63, 3.8) is 0 Å². The molecule has 0 bridgehead atoms. The lowest BCUT2D eigenvalue weighted by Gasteiger charge is -2.43. The van der Waals surface area contributed by atoms with E-state index >= 15 is 0 Å². The molecule has 1 heterocycles. The Morgan fingerprint density at radius 3 is 1.85 bits per heavy atom. The number of carbonyl (C=O) groups is 4. The Hall–Kier alpha value is -2.64. The summed E-state index contributed by atoms with van der Waals surface area (Å²) >= 11 is 0. The maximum absolute atomic E-state index is 13.0. The molecular weight excluding hydrogens is 480 g/mol. The number of ether oxygens (including phenoxy) is 5. The number of hydrogen-bond donors (Lipinski definition) is 0. The monoisotopic (exact) mass is 504 g/mol. The zero-order chi connectivity index (χ0) is 24.8. The minimum absolute atomic E-state index is 0.0390. The van der Waals surface area contributed by atoms with Gasteiger partial charge in [0.05, 0.1) is 4.90 Å². The van der Waals surface area contributed by atoms with Gasteiger partial charge < -0.3 is 23.7 Å². The maximum atomic E-state index is 13.0. The van der Waals surface area contributed by atoms with Crippen LogP contribution in [0.3, 0.4) is 0 Å². The summed E-state index contributed by atoms with van der Waals surface area (Å²) < 4.78 is 52.5. The lowest BCUT2D eigenvalue weighted by Crippen LogP contribution is -2.61. The molecule has 5 atom stereocenters. The Morgan fingerprint density at radius 2 is 1.33 bits per heavy atom. The van der Waals surface area contributed by atoms with Gasteiger partial charge in [-0.05, 0) is 12.1 Å². The predicted octanol–water partition coefficient (Wildman–Crippen LogP) is 1.19. The van der Waals surface area contributed by atoms with Gasteiger partial charge in [-0.3, -0.25) is 19.2 Å². The summed E-state index contributed by atoms with van der Waals surface area (Å²) in [5, 5.41) is 0. The third-order valence-electron chi connectivity index (χ3n) is 4.20. The summed E-state index contributed by atoms with van der Waals surface area (Å²) in [6, 6.07) is 7.43. The number of hydrogen-bond acceptors (Lipinski definition) is 12. The minimum Gasteiger partial charge on any atom is -0.463 e. The topological polar surface area (TPSA) is 149 Å². The molecule has 0 spiro atoms. The van der Waals surface area contributed by atoms with E-state index in [-0.39, 0.29) is 4.90 Å². The van der Waals surface area contributed by atoms with Gasteiger partial charge in [-0.15, -0.1) is 0 Å². The number of esters is 4. The lowest BCUT2D eigenvalue weighted by molar-refractivity contribution is -0.237. The first-order valence-corrected chi connectivity index (χ1v) is 12.6. The molecule has 0 N–H and O–H groups in total. The molecule has 0 saturated carbocycles. The molecule has 2 rings (SSSR count). The van der Waals surface area contributed by atoms with Gasteiger partial charge >= 0.3 is 23.9 Å². The highest BCUT2D eigenvalue weighted by atomic mass is 33.1. The van der Waals surface area contributed by atoms with E-state index < -0.39 is 69.2 Å². The first kappa shape index (κ1) is 26.6. The molecule has 0 aromatic heterocycles. The van der Waals surface area contributed by atoms with E-state index in [1.165, 1.54) is 24.3 Å². The molecule has 1 aromatic carbocycles. The molecule has 13 heteroatoms. The SMILES string of the molecule is CC(=O)OC[C@H]1O[C@@H](SS(=O)(=O)c2ccccc2)[C@@H](OC(C)=O)[C@@H](OC(C)=O)[C@@H]1OC(C)=O. The van der Waals surface area contributed by atoms with E-state index in [4.69, 9.17) is 23.7 Å². The fourth-order valence-corrected chi connectivity index (χ4v) is 6.27. The van der Waals surface area contributed by atoms with E-state index in [1.54, 1.807) is 6.07 Å². The second-order valence-electron chi connectivity index (χ2n) is 6.93. The van der Waals surface area contributed by atoms with Gasteiger partial charge in [0.1, 0.15) is 12.7 Å². The van der Waals surface area contributed by atoms with Crippen molar-refractivity contribution in [3.05, 3.63) is 30.3 Å². The van der Waals surface area contributed by atoms with Crippen LogP contribution in [0.2, 0.25) is 0 Å². The Kier molecular flexibility index (Phi) is 9.25. The Balaban J connectivity index is 2.50. The summed E-state index contributed by atoms with van der Waals surface area (Å²) in [6.45, 7) is 3.94. The highest BCUT2D eigenvalue weighted by Gasteiger charge is 2.53. The molecule has 1 aromatic rings. The van der Waals surface area contributed by atoms with Gasteiger partial charge in [-0.1, -0.05) is 18.2 Å². The van der Waals surface area contributed by atoms with Crippen molar-refractivity contribution >= 4 is 43.5 Å². The predicted molar refractivity (Wildman–Crippen MR) is 113 cm³/mol. The third kappa shape index (κ3) is 7.72. The molecule has 1 saturated heterocycles. The molecule has 0 amide bonds. The molecule has 0 aliphatic carbocycles. The zero-order valence-corrected chi connectivity index (χ0v) is 19.9.